The van der Waals surface area contributed by atoms with Crippen LogP contribution in [-0.4, -0.2) is 49.1 Å². The molecule has 1 rings (SSSR count). The van der Waals surface area contributed by atoms with Crippen LogP contribution in [0.15, 0.2) is 17.4 Å². The maximum absolute atomic E-state index is 9.41. The smallest absolute Gasteiger partial charge is 0.192 e. The van der Waals surface area contributed by atoms with Crippen LogP contribution in [0.3, 0.4) is 0 Å². The van der Waals surface area contributed by atoms with Crippen molar-refractivity contribution in [3.8, 4) is 0 Å². The van der Waals surface area contributed by atoms with Crippen LogP contribution in [0.25, 0.3) is 0 Å². The minimum Gasteiger partial charge on any atom is -0.411 e. The molecule has 1 heterocycles. The van der Waals surface area contributed by atoms with E-state index in [4.69, 9.17) is 14.3 Å². The minimum absolute atomic E-state index is 0.0115. The molecular formula is C19H36O4Si. The van der Waals surface area contributed by atoms with Gasteiger partial charge in [-0.1, -0.05) is 20.8 Å². The molecule has 140 valence electrons. The average molecular weight is 357 g/mol. The maximum Gasteiger partial charge on any atom is 0.192 e. The van der Waals surface area contributed by atoms with Crippen molar-refractivity contribution in [1.29, 1.82) is 0 Å². The second-order valence-corrected chi connectivity index (χ2v) is 13.5. The monoisotopic (exact) mass is 356 g/mol. The van der Waals surface area contributed by atoms with Crippen molar-refractivity contribution in [2.75, 3.05) is 6.61 Å². The van der Waals surface area contributed by atoms with Gasteiger partial charge in [-0.3, -0.25) is 0 Å². The van der Waals surface area contributed by atoms with E-state index in [9.17, 15) is 5.11 Å². The van der Waals surface area contributed by atoms with E-state index in [1.165, 1.54) is 6.08 Å². The summed E-state index contributed by atoms with van der Waals surface area (Å²) in [6, 6.07) is 0. The highest BCUT2D eigenvalue weighted by molar-refractivity contribution is 6.74. The van der Waals surface area contributed by atoms with Gasteiger partial charge in [0.2, 0.25) is 0 Å². The molecule has 4 atom stereocenters. The van der Waals surface area contributed by atoms with Crippen molar-refractivity contribution in [3.63, 3.8) is 0 Å². The number of rotatable bonds is 6. The second-order valence-electron chi connectivity index (χ2n) is 8.72. The molecule has 1 fully saturated rings. The van der Waals surface area contributed by atoms with Gasteiger partial charge in [0.25, 0.3) is 0 Å². The van der Waals surface area contributed by atoms with Gasteiger partial charge in [0.15, 0.2) is 8.32 Å². The predicted molar refractivity (Wildman–Crippen MR) is 101 cm³/mol. The third-order valence-corrected chi connectivity index (χ3v) is 10.2. The summed E-state index contributed by atoms with van der Waals surface area (Å²) in [6.45, 7) is 17.2. The molecule has 0 unspecified atom stereocenters. The van der Waals surface area contributed by atoms with Crippen LogP contribution in [0, 0.1) is 0 Å². The van der Waals surface area contributed by atoms with E-state index in [-0.39, 0.29) is 29.5 Å². The predicted octanol–water partition coefficient (Wildman–Crippen LogP) is 3.79. The van der Waals surface area contributed by atoms with Crippen LogP contribution in [0.4, 0.5) is 0 Å². The lowest BCUT2D eigenvalue weighted by atomic mass is 9.96. The van der Waals surface area contributed by atoms with Gasteiger partial charge in [-0.2, -0.15) is 0 Å². The molecule has 4 nitrogen and oxygen atoms in total. The molecule has 5 heteroatoms. The van der Waals surface area contributed by atoms with Crippen molar-refractivity contribution in [2.24, 2.45) is 0 Å². The number of hydrogen-bond donors (Lipinski definition) is 2. The van der Waals surface area contributed by atoms with Crippen LogP contribution in [-0.2, 0) is 9.16 Å². The molecule has 0 aromatic heterocycles. The van der Waals surface area contributed by atoms with E-state index in [0.29, 0.717) is 0 Å². The lowest BCUT2D eigenvalue weighted by Gasteiger charge is -2.42. The molecule has 0 aromatic carbocycles. The van der Waals surface area contributed by atoms with Crippen molar-refractivity contribution in [3.05, 3.63) is 17.4 Å². The summed E-state index contributed by atoms with van der Waals surface area (Å²) in [4.78, 5) is 0. The van der Waals surface area contributed by atoms with Crippen LogP contribution < -0.4 is 0 Å². The summed E-state index contributed by atoms with van der Waals surface area (Å²) in [7, 11) is -1.84. The fourth-order valence-electron chi connectivity index (χ4n) is 2.58. The van der Waals surface area contributed by atoms with Gasteiger partial charge in [-0.25, -0.2) is 0 Å². The molecule has 2 N–H and O–H groups in total. The van der Waals surface area contributed by atoms with Gasteiger partial charge >= 0.3 is 0 Å². The summed E-state index contributed by atoms with van der Waals surface area (Å²) >= 11 is 0. The SMILES string of the molecule is CC(=C=C[C@H](O)CO)[C@H]1CC[C@@](C)([C@@H](C)O[Si](C)(C)C(C)(C)C)O1. The first-order valence-corrected chi connectivity index (χ1v) is 11.8. The maximum atomic E-state index is 9.41. The van der Waals surface area contributed by atoms with Crippen molar-refractivity contribution < 1.29 is 19.4 Å². The summed E-state index contributed by atoms with van der Waals surface area (Å²) in [6.07, 6.45) is 2.50. The van der Waals surface area contributed by atoms with Crippen LogP contribution in [0.5, 0.6) is 0 Å². The van der Waals surface area contributed by atoms with E-state index in [2.05, 4.69) is 53.4 Å². The molecule has 1 aliphatic heterocycles. The molecule has 1 saturated heterocycles. The first kappa shape index (κ1) is 21.6. The Kier molecular flexibility index (Phi) is 7.08. The minimum atomic E-state index is -1.84. The van der Waals surface area contributed by atoms with E-state index in [0.717, 1.165) is 18.4 Å². The molecule has 0 aromatic rings. The summed E-state index contributed by atoms with van der Waals surface area (Å²) < 4.78 is 12.9. The summed E-state index contributed by atoms with van der Waals surface area (Å²) in [5.41, 5.74) is 3.69. The number of ether oxygens (including phenoxy) is 1. The van der Waals surface area contributed by atoms with Crippen molar-refractivity contribution in [2.45, 2.75) is 96.4 Å². The lowest BCUT2D eigenvalue weighted by Crippen LogP contribution is -2.50. The fraction of sp³-hybridized carbons (Fsp3) is 0.842. The highest BCUT2D eigenvalue weighted by Crippen LogP contribution is 2.42. The second kappa shape index (κ2) is 7.86. The van der Waals surface area contributed by atoms with Gasteiger partial charge < -0.3 is 19.4 Å². The van der Waals surface area contributed by atoms with Crippen molar-refractivity contribution in [1.82, 2.24) is 0 Å². The van der Waals surface area contributed by atoms with E-state index in [1.54, 1.807) is 0 Å². The van der Waals surface area contributed by atoms with Gasteiger partial charge in [0.05, 0.1) is 24.4 Å². The molecular weight excluding hydrogens is 320 g/mol. The Bertz CT molecular complexity index is 488. The number of hydrogen-bond acceptors (Lipinski definition) is 4. The van der Waals surface area contributed by atoms with Crippen LogP contribution >= 0.6 is 0 Å². The van der Waals surface area contributed by atoms with Crippen LogP contribution in [0.2, 0.25) is 18.1 Å². The molecule has 24 heavy (non-hydrogen) atoms. The Hall–Kier alpha value is -0.423. The van der Waals surface area contributed by atoms with Gasteiger partial charge in [-0.15, -0.1) is 5.73 Å². The van der Waals surface area contributed by atoms with Crippen molar-refractivity contribution >= 4 is 8.32 Å². The largest absolute Gasteiger partial charge is 0.411 e. The molecule has 0 aliphatic carbocycles. The van der Waals surface area contributed by atoms with Crippen LogP contribution in [0.1, 0.15) is 54.4 Å². The highest BCUT2D eigenvalue weighted by atomic mass is 28.4. The third-order valence-electron chi connectivity index (χ3n) is 5.63. The molecule has 1 aliphatic rings. The highest BCUT2D eigenvalue weighted by Gasteiger charge is 2.46. The lowest BCUT2D eigenvalue weighted by molar-refractivity contribution is -0.0834. The molecule has 0 amide bonds. The first-order chi connectivity index (χ1) is 10.8. The Morgan fingerprint density at radius 3 is 2.54 bits per heavy atom. The first-order valence-electron chi connectivity index (χ1n) is 8.90. The third kappa shape index (κ3) is 5.28. The Balaban J connectivity index is 2.80. The standard InChI is InChI=1S/C19H36O4Si/c1-14(9-10-16(21)13-20)17-11-12-19(6,22-17)15(2)23-24(7,8)18(3,4)5/h10,15-17,20-21H,11-13H2,1-8H3/t9?,15-,16+,17-,19+/m1/s1. The fourth-order valence-corrected chi connectivity index (χ4v) is 4.07. The Morgan fingerprint density at radius 2 is 2.04 bits per heavy atom. The average Bonchev–Trinajstić information content (AvgIpc) is 2.86. The zero-order chi connectivity index (χ0) is 18.8. The quantitative estimate of drug-likeness (QED) is 0.561. The molecule has 0 radical (unpaired) electrons. The molecule has 0 spiro atoms. The zero-order valence-electron chi connectivity index (χ0n) is 16.6. The Labute approximate surface area is 148 Å². The Morgan fingerprint density at radius 1 is 1.46 bits per heavy atom. The van der Waals surface area contributed by atoms with E-state index in [1.807, 2.05) is 6.92 Å². The molecule has 0 saturated carbocycles. The number of aliphatic hydroxyl groups excluding tert-OH is 2. The normalized spacial score (nSPS) is 27.5. The van der Waals surface area contributed by atoms with E-state index >= 15 is 0 Å². The number of aliphatic hydroxyl groups is 2. The topological polar surface area (TPSA) is 58.9 Å². The van der Waals surface area contributed by atoms with Gasteiger partial charge in [-0.05, 0) is 63.4 Å². The van der Waals surface area contributed by atoms with Gasteiger partial charge in [0.1, 0.15) is 6.10 Å². The summed E-state index contributed by atoms with van der Waals surface area (Å²) in [5.74, 6) is 0. The van der Waals surface area contributed by atoms with E-state index < -0.39 is 14.4 Å². The zero-order valence-corrected chi connectivity index (χ0v) is 17.6. The van der Waals surface area contributed by atoms with Gasteiger partial charge in [0, 0.05) is 0 Å². The molecule has 0 bridgehead atoms. The summed E-state index contributed by atoms with van der Waals surface area (Å²) in [5, 5.41) is 18.5.